The summed E-state index contributed by atoms with van der Waals surface area (Å²) in [6, 6.07) is 49.2. The molecule has 0 radical (unpaired) electrons. The molecule has 8 aromatic rings. The first-order valence-electron chi connectivity index (χ1n) is 14.6. The molecule has 5 nitrogen and oxygen atoms in total. The number of aromatic nitrogens is 3. The largest absolute Gasteiger partial charge is 0.458 e. The van der Waals surface area contributed by atoms with Gasteiger partial charge in [0.2, 0.25) is 5.95 Å². The molecule has 0 atom stereocenters. The molecule has 0 fully saturated rings. The van der Waals surface area contributed by atoms with Gasteiger partial charge in [-0.1, -0.05) is 84.9 Å². The quantitative estimate of drug-likeness (QED) is 0.207. The van der Waals surface area contributed by atoms with Crippen LogP contribution in [-0.4, -0.2) is 20.9 Å². The first-order chi connectivity index (χ1) is 21.3. The van der Waals surface area contributed by atoms with Crippen molar-refractivity contribution in [3.63, 3.8) is 0 Å². The highest BCUT2D eigenvalue weighted by atomic mass is 16.5. The number of imidazole rings is 1. The van der Waals surface area contributed by atoms with E-state index in [-0.39, 0.29) is 6.85 Å². The van der Waals surface area contributed by atoms with Crippen molar-refractivity contribution < 1.29 is 4.74 Å². The molecule has 0 N–H and O–H groups in total. The highest BCUT2D eigenvalue weighted by molar-refractivity contribution is 6.88. The first kappa shape index (κ1) is 22.9. The predicted molar refractivity (Wildman–Crippen MR) is 176 cm³/mol. The molecule has 0 unspecified atom stereocenters. The minimum atomic E-state index is -0.0792. The lowest BCUT2D eigenvalue weighted by molar-refractivity contribution is 0.486. The summed E-state index contributed by atoms with van der Waals surface area (Å²) >= 11 is 0. The molecule has 0 amide bonds. The molecule has 0 spiro atoms. The van der Waals surface area contributed by atoms with Crippen molar-refractivity contribution in [2.45, 2.75) is 0 Å². The lowest BCUT2D eigenvalue weighted by atomic mass is 9.47. The third kappa shape index (κ3) is 3.04. The fourth-order valence-electron chi connectivity index (χ4n) is 7.20. The monoisotopic (exact) mass is 550 g/mol. The summed E-state index contributed by atoms with van der Waals surface area (Å²) in [5.74, 6) is 2.64. The Hall–Kier alpha value is -5.75. The topological polar surface area (TPSA) is 35.2 Å². The molecule has 0 bridgehead atoms. The summed E-state index contributed by atoms with van der Waals surface area (Å²) in [5, 5.41) is 2.46. The summed E-state index contributed by atoms with van der Waals surface area (Å²) in [6.45, 7) is -0.0792. The molecule has 0 saturated carbocycles. The highest BCUT2D eigenvalue weighted by Gasteiger charge is 2.44. The van der Waals surface area contributed by atoms with Crippen LogP contribution >= 0.6 is 0 Å². The maximum Gasteiger partial charge on any atom is 0.340 e. The van der Waals surface area contributed by atoms with Gasteiger partial charge < -0.3 is 13.8 Å². The van der Waals surface area contributed by atoms with E-state index in [0.717, 1.165) is 67.5 Å². The zero-order chi connectivity index (χ0) is 28.1. The Morgan fingerprint density at radius 2 is 1.21 bits per heavy atom. The van der Waals surface area contributed by atoms with Gasteiger partial charge in [-0.3, -0.25) is 4.90 Å². The number of ether oxygens (including phenoxy) is 1. The van der Waals surface area contributed by atoms with Gasteiger partial charge >= 0.3 is 6.85 Å². The smallest absolute Gasteiger partial charge is 0.340 e. The summed E-state index contributed by atoms with van der Waals surface area (Å²) in [5.41, 5.74) is 9.86. The highest BCUT2D eigenvalue weighted by Crippen LogP contribution is 2.44. The number of nitrogens with zero attached hydrogens (tertiary/aromatic N) is 4. The Bertz CT molecular complexity index is 2350. The third-order valence-corrected chi connectivity index (χ3v) is 8.94. The molecule has 6 aromatic carbocycles. The van der Waals surface area contributed by atoms with Crippen LogP contribution in [0.15, 0.2) is 140 Å². The predicted octanol–water partition coefficient (Wildman–Crippen LogP) is 7.68. The van der Waals surface area contributed by atoms with Crippen molar-refractivity contribution in [3.05, 3.63) is 140 Å². The van der Waals surface area contributed by atoms with Gasteiger partial charge in [-0.15, -0.1) is 0 Å². The van der Waals surface area contributed by atoms with Crippen LogP contribution in [0.3, 0.4) is 0 Å². The van der Waals surface area contributed by atoms with Gasteiger partial charge in [-0.05, 0) is 54.0 Å². The fourth-order valence-corrected chi connectivity index (χ4v) is 7.20. The van der Waals surface area contributed by atoms with Crippen LogP contribution in [0.1, 0.15) is 0 Å². The van der Waals surface area contributed by atoms with E-state index in [9.17, 15) is 0 Å². The Balaban J connectivity index is 1.35. The molecular weight excluding hydrogens is 527 g/mol. The summed E-state index contributed by atoms with van der Waals surface area (Å²) < 4.78 is 11.5. The summed E-state index contributed by atoms with van der Waals surface area (Å²) in [4.78, 5) is 7.56. The summed E-state index contributed by atoms with van der Waals surface area (Å²) in [6.07, 6.45) is 0. The van der Waals surface area contributed by atoms with Crippen LogP contribution in [0.2, 0.25) is 0 Å². The van der Waals surface area contributed by atoms with E-state index in [0.29, 0.717) is 0 Å². The number of fused-ring (bicyclic) bond motifs is 9. The van der Waals surface area contributed by atoms with Crippen molar-refractivity contribution in [2.75, 3.05) is 4.90 Å². The number of para-hydroxylation sites is 6. The second-order valence-corrected chi connectivity index (χ2v) is 11.2. The zero-order valence-electron chi connectivity index (χ0n) is 23.1. The van der Waals surface area contributed by atoms with Crippen LogP contribution in [-0.2, 0) is 0 Å². The Morgan fingerprint density at radius 3 is 2.00 bits per heavy atom. The standard InChI is InChI=1S/C37H23BN4O/c1-2-12-24(13-3-1)41-33-22-25(40-30-18-8-4-14-26(30)27-15-5-9-19-31(27)40)23-35-36(33)38(28-16-6-11-21-34(28)43-35)42-32-20-10-7-17-29(32)39-37(41)42/h1-23H. The second-order valence-electron chi connectivity index (χ2n) is 11.2. The average Bonchev–Trinajstić information content (AvgIpc) is 3.61. The maximum atomic E-state index is 6.80. The average molecular weight is 550 g/mol. The number of hydrogen-bond donors (Lipinski definition) is 0. The van der Waals surface area contributed by atoms with E-state index in [1.54, 1.807) is 0 Å². The molecule has 4 heterocycles. The second kappa shape index (κ2) is 8.40. The van der Waals surface area contributed by atoms with E-state index >= 15 is 0 Å². The minimum Gasteiger partial charge on any atom is -0.458 e. The molecule has 10 rings (SSSR count). The van der Waals surface area contributed by atoms with Gasteiger partial charge in [0, 0.05) is 28.0 Å². The van der Waals surface area contributed by atoms with Crippen LogP contribution < -0.4 is 20.6 Å². The van der Waals surface area contributed by atoms with E-state index in [1.165, 1.54) is 10.8 Å². The number of hydrogen-bond acceptors (Lipinski definition) is 3. The lowest BCUT2D eigenvalue weighted by Gasteiger charge is -2.39. The van der Waals surface area contributed by atoms with Crippen molar-refractivity contribution in [1.29, 1.82) is 0 Å². The van der Waals surface area contributed by atoms with Gasteiger partial charge in [0.15, 0.2) is 0 Å². The first-order valence-corrected chi connectivity index (χ1v) is 14.6. The van der Waals surface area contributed by atoms with Gasteiger partial charge in [0.25, 0.3) is 0 Å². The fraction of sp³-hybridized carbons (Fsp3) is 0. The van der Waals surface area contributed by atoms with Crippen LogP contribution in [0.25, 0.3) is 38.5 Å². The molecule has 6 heteroatoms. The van der Waals surface area contributed by atoms with Crippen molar-refractivity contribution in [1.82, 2.24) is 14.0 Å². The summed E-state index contributed by atoms with van der Waals surface area (Å²) in [7, 11) is 0. The number of rotatable bonds is 2. The van der Waals surface area contributed by atoms with E-state index in [1.807, 2.05) is 6.07 Å². The lowest BCUT2D eigenvalue weighted by Crippen LogP contribution is -2.56. The molecule has 0 aliphatic carbocycles. The molecule has 2 aliphatic heterocycles. The van der Waals surface area contributed by atoms with Gasteiger partial charge in [0.1, 0.15) is 11.5 Å². The molecule has 0 saturated heterocycles. The Labute approximate surface area is 247 Å². The van der Waals surface area contributed by atoms with Gasteiger partial charge in [-0.2, -0.15) is 0 Å². The molecule has 2 aromatic heterocycles. The number of benzene rings is 6. The van der Waals surface area contributed by atoms with Crippen LogP contribution in [0.5, 0.6) is 11.5 Å². The minimum absolute atomic E-state index is 0.0792. The van der Waals surface area contributed by atoms with Crippen LogP contribution in [0, 0.1) is 0 Å². The van der Waals surface area contributed by atoms with Gasteiger partial charge in [0.05, 0.1) is 33.4 Å². The van der Waals surface area contributed by atoms with Crippen molar-refractivity contribution in [2.24, 2.45) is 0 Å². The van der Waals surface area contributed by atoms with Crippen molar-refractivity contribution in [3.8, 4) is 17.2 Å². The van der Waals surface area contributed by atoms with E-state index in [4.69, 9.17) is 9.72 Å². The molecular formula is C37H23BN4O. The SMILES string of the molecule is c1ccc(N2c3cc(-n4c5ccccc5c5ccccc54)cc4c3B(c3ccccc3O4)n3c2nc2ccccc23)cc1. The normalized spacial score (nSPS) is 13.2. The van der Waals surface area contributed by atoms with Crippen molar-refractivity contribution >= 4 is 67.9 Å². The molecule has 2 aliphatic rings. The van der Waals surface area contributed by atoms with E-state index < -0.39 is 0 Å². The molecule has 43 heavy (non-hydrogen) atoms. The Morgan fingerprint density at radius 1 is 0.558 bits per heavy atom. The van der Waals surface area contributed by atoms with E-state index in [2.05, 4.69) is 147 Å². The third-order valence-electron chi connectivity index (χ3n) is 8.94. The number of anilines is 3. The maximum absolute atomic E-state index is 6.80. The van der Waals surface area contributed by atoms with Crippen LogP contribution in [0.4, 0.5) is 17.3 Å². The van der Waals surface area contributed by atoms with Gasteiger partial charge in [-0.25, -0.2) is 4.98 Å². The Kier molecular flexibility index (Phi) is 4.47. The molecule has 200 valence electrons. The zero-order valence-corrected chi connectivity index (χ0v) is 23.1.